The maximum absolute atomic E-state index is 13.8. The Kier molecular flexibility index (Phi) is 8.04. The van der Waals surface area contributed by atoms with Gasteiger partial charge in [-0.1, -0.05) is 43.3 Å². The summed E-state index contributed by atoms with van der Waals surface area (Å²) in [6.45, 7) is 8.93. The normalized spacial score (nSPS) is 20.9. The molecule has 0 aliphatic carbocycles. The van der Waals surface area contributed by atoms with Crippen LogP contribution in [0.1, 0.15) is 56.2 Å². The summed E-state index contributed by atoms with van der Waals surface area (Å²) in [7, 11) is 0. The van der Waals surface area contributed by atoms with Gasteiger partial charge in [0.1, 0.15) is 18.2 Å². The number of nitrogens with one attached hydrogen (secondary N) is 1. The zero-order chi connectivity index (χ0) is 28.6. The molecule has 212 valence electrons. The van der Waals surface area contributed by atoms with Gasteiger partial charge in [-0.15, -0.1) is 11.3 Å². The van der Waals surface area contributed by atoms with Gasteiger partial charge >= 0.3 is 0 Å². The minimum Gasteiger partial charge on any atom is -0.391 e. The number of hydrogen-bond acceptors (Lipinski definition) is 9. The number of aldehydes is 1. The van der Waals surface area contributed by atoms with E-state index in [0.29, 0.717) is 24.7 Å². The second-order valence-corrected chi connectivity index (χ2v) is 12.0. The number of nitrogens with zero attached hydrogens (tertiary/aromatic N) is 4. The molecule has 2 aliphatic heterocycles. The Balaban J connectivity index is 1.27. The number of aliphatic hydroxyl groups is 1. The number of benzene rings is 1. The minimum atomic E-state index is -0.795. The Morgan fingerprint density at radius 1 is 1.18 bits per heavy atom. The van der Waals surface area contributed by atoms with Crippen molar-refractivity contribution in [1.82, 2.24) is 20.4 Å². The highest BCUT2D eigenvalue weighted by atomic mass is 32.1. The third kappa shape index (κ3) is 5.53. The number of amides is 2. The van der Waals surface area contributed by atoms with E-state index in [1.807, 2.05) is 62.4 Å². The monoisotopic (exact) mass is 565 g/mol. The Labute approximate surface area is 237 Å². The third-order valence-electron chi connectivity index (χ3n) is 7.82. The molecule has 2 saturated heterocycles. The van der Waals surface area contributed by atoms with E-state index in [0.717, 1.165) is 28.0 Å². The van der Waals surface area contributed by atoms with Gasteiger partial charge in [-0.05, 0) is 30.9 Å². The molecule has 3 aromatic rings. The highest BCUT2D eigenvalue weighted by Gasteiger charge is 2.43. The number of aromatic nitrogens is 2. The number of hydrogen-bond donors (Lipinski definition) is 2. The highest BCUT2D eigenvalue weighted by Crippen LogP contribution is 2.34. The predicted octanol–water partition coefficient (Wildman–Crippen LogP) is 3.32. The van der Waals surface area contributed by atoms with Crippen LogP contribution in [0, 0.1) is 18.8 Å². The fourth-order valence-electron chi connectivity index (χ4n) is 5.48. The number of carbonyl (C=O) groups is 3. The summed E-state index contributed by atoms with van der Waals surface area (Å²) < 4.78 is 5.59. The number of rotatable bonds is 9. The SMILES string of the molecule is Cc1ncsc1-c1ccc([C@H](C)NC(=O)[C@@H]2C[C@@H](O)CN2C(=O)[C@H](c2cc(N3CC(C=O)C3)no2)C(C)C)cc1. The average Bonchev–Trinajstić information content (AvgIpc) is 3.63. The van der Waals surface area contributed by atoms with E-state index in [-0.39, 0.29) is 42.7 Å². The molecule has 4 heterocycles. The lowest BCUT2D eigenvalue weighted by molar-refractivity contribution is -0.141. The molecule has 0 spiro atoms. The zero-order valence-electron chi connectivity index (χ0n) is 23.1. The van der Waals surface area contributed by atoms with Crippen molar-refractivity contribution in [3.05, 3.63) is 52.9 Å². The van der Waals surface area contributed by atoms with Crippen molar-refractivity contribution in [1.29, 1.82) is 0 Å². The Bertz CT molecular complexity index is 1360. The Morgan fingerprint density at radius 3 is 2.52 bits per heavy atom. The van der Waals surface area contributed by atoms with Gasteiger partial charge in [0, 0.05) is 38.0 Å². The first-order valence-electron chi connectivity index (χ1n) is 13.6. The van der Waals surface area contributed by atoms with Crippen LogP contribution in [0.3, 0.4) is 0 Å². The number of anilines is 1. The van der Waals surface area contributed by atoms with Crippen LogP contribution in [-0.4, -0.2) is 70.0 Å². The summed E-state index contributed by atoms with van der Waals surface area (Å²) >= 11 is 1.59. The van der Waals surface area contributed by atoms with Crippen LogP contribution >= 0.6 is 11.3 Å². The molecule has 11 heteroatoms. The molecule has 2 amide bonds. The van der Waals surface area contributed by atoms with Crippen molar-refractivity contribution in [2.24, 2.45) is 11.8 Å². The van der Waals surface area contributed by atoms with Crippen LogP contribution in [-0.2, 0) is 14.4 Å². The lowest BCUT2D eigenvalue weighted by Crippen LogP contribution is -2.48. The van der Waals surface area contributed by atoms with Crippen molar-refractivity contribution in [3.8, 4) is 10.4 Å². The van der Waals surface area contributed by atoms with E-state index in [1.165, 1.54) is 4.90 Å². The lowest BCUT2D eigenvalue weighted by atomic mass is 9.91. The van der Waals surface area contributed by atoms with Crippen molar-refractivity contribution in [2.75, 3.05) is 24.5 Å². The van der Waals surface area contributed by atoms with Gasteiger partial charge in [0.25, 0.3) is 0 Å². The molecule has 2 fully saturated rings. The highest BCUT2D eigenvalue weighted by molar-refractivity contribution is 7.13. The molecule has 2 N–H and O–H groups in total. The quantitative estimate of drug-likeness (QED) is 0.378. The van der Waals surface area contributed by atoms with Gasteiger partial charge in [0.2, 0.25) is 11.8 Å². The van der Waals surface area contributed by atoms with Crippen molar-refractivity contribution in [3.63, 3.8) is 0 Å². The number of aliphatic hydroxyl groups excluding tert-OH is 1. The van der Waals surface area contributed by atoms with Crippen LogP contribution in [0.5, 0.6) is 0 Å². The molecule has 2 aliphatic rings. The maximum Gasteiger partial charge on any atom is 0.243 e. The topological polar surface area (TPSA) is 129 Å². The van der Waals surface area contributed by atoms with Gasteiger partial charge in [0.15, 0.2) is 11.6 Å². The van der Waals surface area contributed by atoms with Gasteiger partial charge in [-0.25, -0.2) is 4.98 Å². The van der Waals surface area contributed by atoms with E-state index in [4.69, 9.17) is 4.52 Å². The molecule has 0 saturated carbocycles. The summed E-state index contributed by atoms with van der Waals surface area (Å²) in [4.78, 5) is 47.0. The van der Waals surface area contributed by atoms with Gasteiger partial charge in [-0.2, -0.15) is 0 Å². The first-order valence-corrected chi connectivity index (χ1v) is 14.5. The molecule has 0 radical (unpaired) electrons. The van der Waals surface area contributed by atoms with Crippen LogP contribution < -0.4 is 10.2 Å². The lowest BCUT2D eigenvalue weighted by Gasteiger charge is -2.35. The molecule has 0 unspecified atom stereocenters. The van der Waals surface area contributed by atoms with Gasteiger partial charge in [0.05, 0.1) is 28.2 Å². The number of thiazole rings is 1. The first-order chi connectivity index (χ1) is 19.2. The second-order valence-electron chi connectivity index (χ2n) is 11.1. The fraction of sp³-hybridized carbons (Fsp3) is 0.483. The van der Waals surface area contributed by atoms with Crippen LogP contribution in [0.15, 0.2) is 40.4 Å². The summed E-state index contributed by atoms with van der Waals surface area (Å²) in [6, 6.07) is 8.66. The van der Waals surface area contributed by atoms with Crippen LogP contribution in [0.4, 0.5) is 5.82 Å². The van der Waals surface area contributed by atoms with Gasteiger partial charge in [-0.3, -0.25) is 9.59 Å². The summed E-state index contributed by atoms with van der Waals surface area (Å²) in [5, 5.41) is 17.6. The second kappa shape index (κ2) is 11.5. The van der Waals surface area contributed by atoms with E-state index in [9.17, 15) is 19.5 Å². The number of β-amino-alcohol motifs (C(OH)–C–C–N with tert-alkyl or cyclic N) is 1. The van der Waals surface area contributed by atoms with Gasteiger partial charge < -0.3 is 29.5 Å². The summed E-state index contributed by atoms with van der Waals surface area (Å²) in [5.74, 6) is -0.390. The van der Waals surface area contributed by atoms with Crippen LogP contribution in [0.25, 0.3) is 10.4 Å². The van der Waals surface area contributed by atoms with Crippen molar-refractivity contribution < 1.29 is 24.0 Å². The van der Waals surface area contributed by atoms with E-state index in [2.05, 4.69) is 15.5 Å². The van der Waals surface area contributed by atoms with Crippen LogP contribution in [0.2, 0.25) is 0 Å². The molecule has 0 bridgehead atoms. The fourth-order valence-corrected chi connectivity index (χ4v) is 6.29. The smallest absolute Gasteiger partial charge is 0.243 e. The zero-order valence-corrected chi connectivity index (χ0v) is 23.9. The first kappa shape index (κ1) is 28.0. The number of aryl methyl sites for hydroxylation is 1. The number of carbonyl (C=O) groups excluding carboxylic acids is 3. The van der Waals surface area contributed by atoms with E-state index >= 15 is 0 Å². The summed E-state index contributed by atoms with van der Waals surface area (Å²) in [6.07, 6.45) is 0.305. The van der Waals surface area contributed by atoms with Crippen molar-refractivity contribution >= 4 is 35.3 Å². The molecule has 4 atom stereocenters. The maximum atomic E-state index is 13.8. The standard InChI is InChI=1S/C29H35N5O5S/c1-16(2)26(24-10-25(32-39-24)33-11-19(12-33)14-35)29(38)34-13-22(36)9-23(34)28(37)31-17(3)20-5-7-21(8-6-20)27-18(4)30-15-40-27/h5-8,10,14-17,19,22-23,26,36H,9,11-13H2,1-4H3,(H,31,37)/t17-,22+,23-,26-/m0/s1. The van der Waals surface area contributed by atoms with E-state index < -0.39 is 18.1 Å². The molecule has 10 nitrogen and oxygen atoms in total. The predicted molar refractivity (Wildman–Crippen MR) is 151 cm³/mol. The molecule has 2 aromatic heterocycles. The molecule has 40 heavy (non-hydrogen) atoms. The largest absolute Gasteiger partial charge is 0.391 e. The minimum absolute atomic E-state index is 0.0177. The molecular formula is C29H35N5O5S. The van der Waals surface area contributed by atoms with Crippen molar-refractivity contribution in [2.45, 2.75) is 58.2 Å². The average molecular weight is 566 g/mol. The molecular weight excluding hydrogens is 530 g/mol. The molecule has 1 aromatic carbocycles. The Hall–Kier alpha value is -3.57. The van der Waals surface area contributed by atoms with E-state index in [1.54, 1.807) is 17.4 Å². The number of likely N-dealkylation sites (tertiary alicyclic amines) is 1. The Morgan fingerprint density at radius 2 is 1.90 bits per heavy atom. The molecule has 5 rings (SSSR count). The summed E-state index contributed by atoms with van der Waals surface area (Å²) in [5.41, 5.74) is 4.82. The third-order valence-corrected chi connectivity index (χ3v) is 8.80.